The fraction of sp³-hybridized carbons (Fsp3) is 0.364. The van der Waals surface area contributed by atoms with Gasteiger partial charge in [-0.1, -0.05) is 25.1 Å². The van der Waals surface area contributed by atoms with E-state index in [1.165, 1.54) is 6.07 Å². The number of benzene rings is 2. The van der Waals surface area contributed by atoms with Crippen LogP contribution in [0.25, 0.3) is 0 Å². The van der Waals surface area contributed by atoms with Crippen LogP contribution in [-0.2, 0) is 17.8 Å². The number of aliphatic imine (C=N–C) groups is 1. The molecule has 0 spiro atoms. The third-order valence-electron chi connectivity index (χ3n) is 4.36. The Morgan fingerprint density at radius 3 is 2.68 bits per heavy atom. The van der Waals surface area contributed by atoms with Crippen LogP contribution in [0.2, 0.25) is 0 Å². The topological polar surface area (TPSA) is 65.5 Å². The number of nitrogens with one attached hydrogen (secondary N) is 3. The Labute approximate surface area is 166 Å². The largest absolute Gasteiger partial charge is 0.356 e. The summed E-state index contributed by atoms with van der Waals surface area (Å²) in [5, 5.41) is 9.44. The minimum atomic E-state index is -0.209. The second-order valence-electron chi connectivity index (χ2n) is 6.67. The Bertz CT molecular complexity index is 820. The molecule has 0 aliphatic heterocycles. The summed E-state index contributed by atoms with van der Waals surface area (Å²) in [6, 6.07) is 12.6. The molecular weight excluding hydrogens is 355 g/mol. The maximum absolute atomic E-state index is 13.2. The lowest BCUT2D eigenvalue weighted by molar-refractivity contribution is -0.116. The monoisotopic (exact) mass is 384 g/mol. The lowest BCUT2D eigenvalue weighted by Crippen LogP contribution is -2.37. The van der Waals surface area contributed by atoms with Crippen molar-refractivity contribution in [2.75, 3.05) is 18.9 Å². The maximum Gasteiger partial charge on any atom is 0.224 e. The van der Waals surface area contributed by atoms with Crippen LogP contribution < -0.4 is 16.0 Å². The zero-order valence-electron chi connectivity index (χ0n) is 16.8. The van der Waals surface area contributed by atoms with Crippen LogP contribution in [0.5, 0.6) is 0 Å². The number of hydrogen-bond donors (Lipinski definition) is 3. The predicted molar refractivity (Wildman–Crippen MR) is 113 cm³/mol. The van der Waals surface area contributed by atoms with Gasteiger partial charge in [-0.3, -0.25) is 9.79 Å². The Morgan fingerprint density at radius 2 is 1.96 bits per heavy atom. The zero-order valence-corrected chi connectivity index (χ0v) is 16.8. The SMILES string of the molecule is CCCC(=O)Nc1cccc(CNC(=NC)NCCc2ccc(F)cc2C)c1. The van der Waals surface area contributed by atoms with Gasteiger partial charge in [0.1, 0.15) is 5.82 Å². The zero-order chi connectivity index (χ0) is 20.4. The number of nitrogens with zero attached hydrogens (tertiary/aromatic N) is 1. The van der Waals surface area contributed by atoms with Gasteiger partial charge in [-0.2, -0.15) is 0 Å². The lowest BCUT2D eigenvalue weighted by atomic mass is 10.1. The fourth-order valence-electron chi connectivity index (χ4n) is 2.87. The first-order valence-electron chi connectivity index (χ1n) is 9.60. The molecule has 0 aliphatic carbocycles. The molecule has 2 rings (SSSR count). The number of anilines is 1. The Hall–Kier alpha value is -2.89. The smallest absolute Gasteiger partial charge is 0.224 e. The van der Waals surface area contributed by atoms with Crippen LogP contribution in [0.3, 0.4) is 0 Å². The van der Waals surface area contributed by atoms with Gasteiger partial charge in [0.15, 0.2) is 5.96 Å². The van der Waals surface area contributed by atoms with Gasteiger partial charge < -0.3 is 16.0 Å². The highest BCUT2D eigenvalue weighted by Crippen LogP contribution is 2.12. The molecule has 0 aliphatic rings. The van der Waals surface area contributed by atoms with Crippen molar-refractivity contribution in [3.63, 3.8) is 0 Å². The minimum Gasteiger partial charge on any atom is -0.356 e. The van der Waals surface area contributed by atoms with Crippen molar-refractivity contribution >= 4 is 17.6 Å². The summed E-state index contributed by atoms with van der Waals surface area (Å²) in [6.45, 7) is 5.18. The molecule has 2 aromatic rings. The van der Waals surface area contributed by atoms with Crippen molar-refractivity contribution in [2.45, 2.75) is 39.7 Å². The van der Waals surface area contributed by atoms with E-state index < -0.39 is 0 Å². The van der Waals surface area contributed by atoms with E-state index in [-0.39, 0.29) is 11.7 Å². The first kappa shape index (κ1) is 21.4. The highest BCUT2D eigenvalue weighted by molar-refractivity contribution is 5.90. The van der Waals surface area contributed by atoms with E-state index in [0.29, 0.717) is 25.5 Å². The molecule has 0 aromatic heterocycles. The molecule has 2 aromatic carbocycles. The molecule has 0 radical (unpaired) electrons. The molecule has 150 valence electrons. The van der Waals surface area contributed by atoms with Crippen LogP contribution in [0.1, 0.15) is 36.5 Å². The van der Waals surface area contributed by atoms with Gasteiger partial charge in [-0.15, -0.1) is 0 Å². The first-order valence-corrected chi connectivity index (χ1v) is 9.60. The van der Waals surface area contributed by atoms with Crippen LogP contribution in [0.15, 0.2) is 47.5 Å². The molecule has 6 heteroatoms. The molecular formula is C22H29FN4O. The number of aryl methyl sites for hydroxylation is 1. The second kappa shape index (κ2) is 11.1. The van der Waals surface area contributed by atoms with Gasteiger partial charge in [0, 0.05) is 32.2 Å². The normalized spacial score (nSPS) is 11.2. The van der Waals surface area contributed by atoms with Crippen molar-refractivity contribution in [1.29, 1.82) is 0 Å². The first-order chi connectivity index (χ1) is 13.5. The molecule has 0 fully saturated rings. The molecule has 0 unspecified atom stereocenters. The molecule has 0 saturated carbocycles. The van der Waals surface area contributed by atoms with Crippen LogP contribution in [0.4, 0.5) is 10.1 Å². The molecule has 3 N–H and O–H groups in total. The Balaban J connectivity index is 1.82. The highest BCUT2D eigenvalue weighted by Gasteiger charge is 2.04. The van der Waals surface area contributed by atoms with E-state index in [1.54, 1.807) is 13.1 Å². The van der Waals surface area contributed by atoms with E-state index in [4.69, 9.17) is 0 Å². The number of amides is 1. The van der Waals surface area contributed by atoms with Crippen LogP contribution >= 0.6 is 0 Å². The van der Waals surface area contributed by atoms with Gasteiger partial charge >= 0.3 is 0 Å². The lowest BCUT2D eigenvalue weighted by Gasteiger charge is -2.13. The van der Waals surface area contributed by atoms with Crippen LogP contribution in [-0.4, -0.2) is 25.5 Å². The summed E-state index contributed by atoms with van der Waals surface area (Å²) in [5.41, 5.74) is 3.91. The molecule has 28 heavy (non-hydrogen) atoms. The summed E-state index contributed by atoms with van der Waals surface area (Å²) < 4.78 is 13.2. The average Bonchev–Trinajstić information content (AvgIpc) is 2.66. The number of rotatable bonds is 8. The van der Waals surface area contributed by atoms with E-state index in [0.717, 1.165) is 35.2 Å². The average molecular weight is 384 g/mol. The molecule has 0 atom stereocenters. The number of carbonyl (C=O) groups is 1. The number of hydrogen-bond acceptors (Lipinski definition) is 2. The summed E-state index contributed by atoms with van der Waals surface area (Å²) in [6.07, 6.45) is 2.13. The molecule has 0 bridgehead atoms. The van der Waals surface area contributed by atoms with Crippen molar-refractivity contribution in [3.05, 3.63) is 65.0 Å². The van der Waals surface area contributed by atoms with Gasteiger partial charge in [0.2, 0.25) is 5.91 Å². The second-order valence-corrected chi connectivity index (χ2v) is 6.67. The maximum atomic E-state index is 13.2. The summed E-state index contributed by atoms with van der Waals surface area (Å²) >= 11 is 0. The standard InChI is InChI=1S/C22H29FN4O/c1-4-6-21(28)27-20-8-5-7-17(14-20)15-26-22(24-3)25-12-11-18-9-10-19(23)13-16(18)2/h5,7-10,13-14H,4,6,11-12,15H2,1-3H3,(H,27,28)(H2,24,25,26). The molecule has 1 amide bonds. The van der Waals surface area contributed by atoms with Crippen molar-refractivity contribution in [2.24, 2.45) is 4.99 Å². The van der Waals surface area contributed by atoms with Crippen molar-refractivity contribution in [3.8, 4) is 0 Å². The fourth-order valence-corrected chi connectivity index (χ4v) is 2.87. The number of guanidine groups is 1. The van der Waals surface area contributed by atoms with Gasteiger partial charge in [0.05, 0.1) is 0 Å². The van der Waals surface area contributed by atoms with Gasteiger partial charge in [-0.05, 0) is 60.7 Å². The van der Waals surface area contributed by atoms with E-state index in [2.05, 4.69) is 20.9 Å². The van der Waals surface area contributed by atoms with Gasteiger partial charge in [0.25, 0.3) is 0 Å². The molecule has 5 nitrogen and oxygen atoms in total. The molecule has 0 heterocycles. The quantitative estimate of drug-likeness (QED) is 0.479. The molecule has 0 saturated heterocycles. The highest BCUT2D eigenvalue weighted by atomic mass is 19.1. The number of carbonyl (C=O) groups excluding carboxylic acids is 1. The van der Waals surface area contributed by atoms with E-state index in [1.807, 2.05) is 44.2 Å². The third kappa shape index (κ3) is 7.02. The number of halogens is 1. The summed E-state index contributed by atoms with van der Waals surface area (Å²) in [7, 11) is 1.72. The third-order valence-corrected chi connectivity index (χ3v) is 4.36. The summed E-state index contributed by atoms with van der Waals surface area (Å²) in [4.78, 5) is 16.0. The van der Waals surface area contributed by atoms with Crippen molar-refractivity contribution in [1.82, 2.24) is 10.6 Å². The van der Waals surface area contributed by atoms with Gasteiger partial charge in [-0.25, -0.2) is 4.39 Å². The Morgan fingerprint density at radius 1 is 1.14 bits per heavy atom. The Kier molecular flexibility index (Phi) is 8.46. The predicted octanol–water partition coefficient (Wildman–Crippen LogP) is 3.78. The van der Waals surface area contributed by atoms with Crippen molar-refractivity contribution < 1.29 is 9.18 Å². The van der Waals surface area contributed by atoms with E-state index >= 15 is 0 Å². The van der Waals surface area contributed by atoms with Crippen LogP contribution in [0, 0.1) is 12.7 Å². The minimum absolute atomic E-state index is 0.0289. The summed E-state index contributed by atoms with van der Waals surface area (Å²) in [5.74, 6) is 0.515. The van der Waals surface area contributed by atoms with E-state index in [9.17, 15) is 9.18 Å².